The maximum absolute atomic E-state index is 13.0. The highest BCUT2D eigenvalue weighted by atomic mass is 32.2. The van der Waals surface area contributed by atoms with Gasteiger partial charge in [0.2, 0.25) is 0 Å². The van der Waals surface area contributed by atoms with Crippen LogP contribution in [0, 0.1) is 12.7 Å². The zero-order valence-electron chi connectivity index (χ0n) is 14.3. The van der Waals surface area contributed by atoms with Gasteiger partial charge in [-0.05, 0) is 43.7 Å². The molecule has 0 amide bonds. The number of thioether (sulfide) groups is 1. The molecule has 0 saturated heterocycles. The second-order valence-corrected chi connectivity index (χ2v) is 6.60. The van der Waals surface area contributed by atoms with Crippen LogP contribution in [0.25, 0.3) is 0 Å². The average molecular weight is 357 g/mol. The van der Waals surface area contributed by atoms with Crippen molar-refractivity contribution in [2.45, 2.75) is 37.9 Å². The molecule has 0 aliphatic carbocycles. The SMILES string of the molecule is CCn1c(COc2ccc(C)cc2)nnc1SCc1ccc(F)cc1. The third-order valence-electron chi connectivity index (χ3n) is 3.78. The molecule has 6 heteroatoms. The fourth-order valence-corrected chi connectivity index (χ4v) is 3.34. The lowest BCUT2D eigenvalue weighted by atomic mass is 10.2. The summed E-state index contributed by atoms with van der Waals surface area (Å²) in [4.78, 5) is 0. The Bertz CT molecular complexity index is 749. The molecular formula is C19H20FN3OS. The van der Waals surface area contributed by atoms with Crippen LogP contribution in [-0.2, 0) is 18.9 Å². The lowest BCUT2D eigenvalue weighted by molar-refractivity contribution is 0.288. The molecule has 0 N–H and O–H groups in total. The van der Waals surface area contributed by atoms with Crippen molar-refractivity contribution in [2.24, 2.45) is 0 Å². The van der Waals surface area contributed by atoms with Crippen molar-refractivity contribution in [1.82, 2.24) is 14.8 Å². The van der Waals surface area contributed by atoms with Crippen molar-refractivity contribution in [3.05, 3.63) is 71.3 Å². The quantitative estimate of drug-likeness (QED) is 0.579. The largest absolute Gasteiger partial charge is 0.486 e. The predicted molar refractivity (Wildman–Crippen MR) is 97.2 cm³/mol. The molecule has 4 nitrogen and oxygen atoms in total. The smallest absolute Gasteiger partial charge is 0.191 e. The Morgan fingerprint density at radius 3 is 2.44 bits per heavy atom. The van der Waals surface area contributed by atoms with Gasteiger partial charge in [0.15, 0.2) is 11.0 Å². The predicted octanol–water partition coefficient (Wildman–Crippen LogP) is 4.62. The van der Waals surface area contributed by atoms with Gasteiger partial charge in [0.1, 0.15) is 18.2 Å². The third kappa shape index (κ3) is 4.60. The topological polar surface area (TPSA) is 39.9 Å². The van der Waals surface area contributed by atoms with Crippen LogP contribution < -0.4 is 4.74 Å². The Balaban J connectivity index is 1.63. The van der Waals surface area contributed by atoms with E-state index in [2.05, 4.69) is 17.1 Å². The first-order valence-electron chi connectivity index (χ1n) is 8.14. The number of benzene rings is 2. The molecule has 0 fully saturated rings. The van der Waals surface area contributed by atoms with Crippen LogP contribution in [-0.4, -0.2) is 14.8 Å². The fraction of sp³-hybridized carbons (Fsp3) is 0.263. The summed E-state index contributed by atoms with van der Waals surface area (Å²) in [7, 11) is 0. The number of ether oxygens (including phenoxy) is 1. The minimum Gasteiger partial charge on any atom is -0.486 e. The van der Waals surface area contributed by atoms with Crippen LogP contribution in [0.2, 0.25) is 0 Å². The van der Waals surface area contributed by atoms with Crippen molar-refractivity contribution in [2.75, 3.05) is 0 Å². The van der Waals surface area contributed by atoms with Gasteiger partial charge in [-0.25, -0.2) is 4.39 Å². The number of rotatable bonds is 7. The van der Waals surface area contributed by atoms with E-state index in [1.54, 1.807) is 23.9 Å². The van der Waals surface area contributed by atoms with Crippen molar-refractivity contribution in [3.8, 4) is 5.75 Å². The van der Waals surface area contributed by atoms with Gasteiger partial charge < -0.3 is 9.30 Å². The van der Waals surface area contributed by atoms with E-state index in [0.29, 0.717) is 6.61 Å². The van der Waals surface area contributed by atoms with Gasteiger partial charge in [-0.3, -0.25) is 0 Å². The molecule has 0 radical (unpaired) electrons. The van der Waals surface area contributed by atoms with Crippen LogP contribution in [0.4, 0.5) is 4.39 Å². The molecule has 0 aliphatic heterocycles. The Kier molecular flexibility index (Phi) is 5.71. The molecular weight excluding hydrogens is 337 g/mol. The molecule has 0 aliphatic rings. The molecule has 25 heavy (non-hydrogen) atoms. The molecule has 3 aromatic rings. The molecule has 2 aromatic carbocycles. The second kappa shape index (κ2) is 8.16. The lowest BCUT2D eigenvalue weighted by Gasteiger charge is -2.09. The minimum atomic E-state index is -0.221. The number of hydrogen-bond donors (Lipinski definition) is 0. The van der Waals surface area contributed by atoms with Gasteiger partial charge in [0.25, 0.3) is 0 Å². The molecule has 1 aromatic heterocycles. The van der Waals surface area contributed by atoms with Gasteiger partial charge >= 0.3 is 0 Å². The number of hydrogen-bond acceptors (Lipinski definition) is 4. The van der Waals surface area contributed by atoms with E-state index >= 15 is 0 Å². The summed E-state index contributed by atoms with van der Waals surface area (Å²) in [5.74, 6) is 2.11. The molecule has 3 rings (SSSR count). The Hall–Kier alpha value is -2.34. The summed E-state index contributed by atoms with van der Waals surface area (Å²) in [5, 5.41) is 9.36. The Labute approximate surface area is 151 Å². The average Bonchev–Trinajstić information content (AvgIpc) is 3.02. The van der Waals surface area contributed by atoms with E-state index < -0.39 is 0 Å². The van der Waals surface area contributed by atoms with Crippen LogP contribution in [0.15, 0.2) is 53.7 Å². The first-order valence-corrected chi connectivity index (χ1v) is 9.13. The van der Waals surface area contributed by atoms with Gasteiger partial charge in [-0.15, -0.1) is 10.2 Å². The molecule has 0 spiro atoms. The summed E-state index contributed by atoms with van der Waals surface area (Å²) in [6, 6.07) is 14.5. The number of halogens is 1. The number of aryl methyl sites for hydroxylation is 1. The third-order valence-corrected chi connectivity index (χ3v) is 4.82. The molecule has 0 unspecified atom stereocenters. The molecule has 0 saturated carbocycles. The van der Waals surface area contributed by atoms with Gasteiger partial charge in [0, 0.05) is 12.3 Å². The summed E-state index contributed by atoms with van der Waals surface area (Å²) in [6.45, 7) is 5.25. The maximum Gasteiger partial charge on any atom is 0.191 e. The standard InChI is InChI=1S/C19H20FN3OS/c1-3-23-18(12-24-17-10-4-14(2)5-11-17)21-22-19(23)25-13-15-6-8-16(20)9-7-15/h4-11H,3,12-13H2,1-2H3. The number of nitrogens with zero attached hydrogens (tertiary/aromatic N) is 3. The monoisotopic (exact) mass is 357 g/mol. The molecule has 0 bridgehead atoms. The zero-order valence-corrected chi connectivity index (χ0v) is 15.1. The van der Waals surface area contributed by atoms with Crippen LogP contribution in [0.3, 0.4) is 0 Å². The number of aromatic nitrogens is 3. The molecule has 1 heterocycles. The van der Waals surface area contributed by atoms with E-state index in [9.17, 15) is 4.39 Å². The minimum absolute atomic E-state index is 0.221. The Morgan fingerprint density at radius 1 is 1.04 bits per heavy atom. The van der Waals surface area contributed by atoms with Gasteiger partial charge in [-0.1, -0.05) is 41.6 Å². The van der Waals surface area contributed by atoms with E-state index in [1.165, 1.54) is 17.7 Å². The first-order chi connectivity index (χ1) is 12.2. The highest BCUT2D eigenvalue weighted by Crippen LogP contribution is 2.23. The van der Waals surface area contributed by atoms with E-state index in [1.807, 2.05) is 35.8 Å². The highest BCUT2D eigenvalue weighted by molar-refractivity contribution is 7.98. The van der Waals surface area contributed by atoms with E-state index in [0.717, 1.165) is 34.6 Å². The van der Waals surface area contributed by atoms with Crippen molar-refractivity contribution in [1.29, 1.82) is 0 Å². The molecule has 130 valence electrons. The Morgan fingerprint density at radius 2 is 1.76 bits per heavy atom. The van der Waals surface area contributed by atoms with Crippen LogP contribution in [0.5, 0.6) is 5.75 Å². The molecule has 0 atom stereocenters. The fourth-order valence-electron chi connectivity index (χ4n) is 2.36. The van der Waals surface area contributed by atoms with Gasteiger partial charge in [-0.2, -0.15) is 0 Å². The lowest BCUT2D eigenvalue weighted by Crippen LogP contribution is -2.07. The van der Waals surface area contributed by atoms with Crippen LogP contribution >= 0.6 is 11.8 Å². The van der Waals surface area contributed by atoms with Crippen molar-refractivity contribution in [3.63, 3.8) is 0 Å². The normalized spacial score (nSPS) is 10.8. The maximum atomic E-state index is 13.0. The van der Waals surface area contributed by atoms with Crippen molar-refractivity contribution < 1.29 is 9.13 Å². The van der Waals surface area contributed by atoms with E-state index in [-0.39, 0.29) is 5.82 Å². The second-order valence-electron chi connectivity index (χ2n) is 5.66. The van der Waals surface area contributed by atoms with E-state index in [4.69, 9.17) is 4.74 Å². The van der Waals surface area contributed by atoms with Gasteiger partial charge in [0.05, 0.1) is 0 Å². The van der Waals surface area contributed by atoms with Crippen LogP contribution in [0.1, 0.15) is 23.9 Å². The summed E-state index contributed by atoms with van der Waals surface area (Å²) in [6.07, 6.45) is 0. The van der Waals surface area contributed by atoms with Crippen molar-refractivity contribution >= 4 is 11.8 Å². The summed E-state index contributed by atoms with van der Waals surface area (Å²) >= 11 is 1.59. The summed E-state index contributed by atoms with van der Waals surface area (Å²) in [5.41, 5.74) is 2.25. The summed E-state index contributed by atoms with van der Waals surface area (Å²) < 4.78 is 20.8. The first kappa shape index (κ1) is 17.5. The highest BCUT2D eigenvalue weighted by Gasteiger charge is 2.12. The zero-order chi connectivity index (χ0) is 17.6.